The van der Waals surface area contributed by atoms with Crippen LogP contribution in [-0.2, 0) is 69.2 Å². The molecule has 444 valence electrons. The lowest BCUT2D eigenvalue weighted by molar-refractivity contribution is -0.119. The molecule has 3 atom stereocenters. The fourth-order valence-electron chi connectivity index (χ4n) is 16.2. The third-order valence-electron chi connectivity index (χ3n) is 19.0. The van der Waals surface area contributed by atoms with Crippen molar-refractivity contribution in [3.05, 3.63) is 192 Å². The van der Waals surface area contributed by atoms with Gasteiger partial charge in [0.15, 0.2) is 17.3 Å². The highest BCUT2D eigenvalue weighted by Crippen LogP contribution is 2.57. The van der Waals surface area contributed by atoms with E-state index >= 15 is 0 Å². The number of nitrogens with zero attached hydrogens (tertiary/aromatic N) is 3. The fraction of sp³-hybridized carbons (Fsp3) is 0.520. The van der Waals surface area contributed by atoms with Gasteiger partial charge >= 0.3 is 0 Å². The van der Waals surface area contributed by atoms with Crippen molar-refractivity contribution in [3.8, 4) is 0 Å². The first-order valence-electron chi connectivity index (χ1n) is 31.2. The normalized spacial score (nSPS) is 24.1. The lowest BCUT2D eigenvalue weighted by Crippen LogP contribution is -2.41. The topological polar surface area (TPSA) is 137 Å². The molecule has 0 amide bonds. The van der Waals surface area contributed by atoms with Gasteiger partial charge in [-0.25, -0.2) is 0 Å². The number of H-pyrrole nitrogens is 3. The standard InChI is InChI=1S/3C25H32N2O/c3*1-23(2,3)14-19-22-18(26-27-19)12-16-13-24(4,5)15-20(28)21(16)25(22,6)17-10-8-7-9-11-17/h3*7-11H,12-15H2,1-6H3,(H,26,27)/t2*25-;/m10./s1. The molecular formula is C75H96N6O3. The fourth-order valence-corrected chi connectivity index (χ4v) is 16.2. The Hall–Kier alpha value is -6.48. The molecule has 3 N–H and O–H groups in total. The van der Waals surface area contributed by atoms with Gasteiger partial charge in [-0.3, -0.25) is 29.7 Å². The predicted octanol–water partition coefficient (Wildman–Crippen LogP) is 16.6. The van der Waals surface area contributed by atoms with E-state index in [9.17, 15) is 14.4 Å². The predicted molar refractivity (Wildman–Crippen MR) is 340 cm³/mol. The number of fused-ring (bicyclic) bond motifs is 3. The summed E-state index contributed by atoms with van der Waals surface area (Å²) in [6.45, 7) is 40.2. The van der Waals surface area contributed by atoms with Crippen molar-refractivity contribution in [1.82, 2.24) is 30.6 Å². The number of hydrogen-bond donors (Lipinski definition) is 3. The highest BCUT2D eigenvalue weighted by Gasteiger charge is 2.53. The van der Waals surface area contributed by atoms with Crippen LogP contribution in [0, 0.1) is 32.5 Å². The number of carbonyl (C=O) groups is 3. The summed E-state index contributed by atoms with van der Waals surface area (Å²) in [5.74, 6) is 0.934. The van der Waals surface area contributed by atoms with Crippen LogP contribution in [0.4, 0.5) is 0 Å². The van der Waals surface area contributed by atoms with E-state index in [-0.39, 0.29) is 32.5 Å². The SMILES string of the molecule is CC(C)(C)Cc1n[nH]c2c1C(C)(c1ccccc1)C1=C(C2)CC(C)(C)CC1=O.CC(C)(C)Cc1n[nH]c2c1[C@@](C)(c1ccccc1)C1=C(C2)CC(C)(C)CC1=O.CC(C)(C)Cc1n[nH]c2c1[C@](C)(c1ccccc1)C1=C(C2)CC(C)(C)CC1=O. The summed E-state index contributed by atoms with van der Waals surface area (Å²) < 4.78 is 0. The molecule has 6 aliphatic rings. The summed E-state index contributed by atoms with van der Waals surface area (Å²) in [5.41, 5.74) is 20.3. The summed E-state index contributed by atoms with van der Waals surface area (Å²) in [4.78, 5) is 40.4. The van der Waals surface area contributed by atoms with E-state index in [1.165, 1.54) is 67.2 Å². The molecule has 6 aromatic rings. The lowest BCUT2D eigenvalue weighted by atomic mass is 9.58. The highest BCUT2D eigenvalue weighted by molar-refractivity contribution is 6.03. The number of carbonyl (C=O) groups excluding carboxylic acids is 3. The second-order valence-electron chi connectivity index (χ2n) is 32.5. The number of nitrogens with one attached hydrogen (secondary N) is 3. The molecule has 0 aliphatic heterocycles. The van der Waals surface area contributed by atoms with Gasteiger partial charge in [0, 0.05) is 105 Å². The van der Waals surface area contributed by atoms with Crippen LogP contribution < -0.4 is 0 Å². The molecule has 0 saturated heterocycles. The van der Waals surface area contributed by atoms with Gasteiger partial charge in [0.25, 0.3) is 0 Å². The van der Waals surface area contributed by atoms with Crippen molar-refractivity contribution in [2.45, 2.75) is 218 Å². The second kappa shape index (κ2) is 21.2. The molecule has 0 fully saturated rings. The largest absolute Gasteiger partial charge is 0.294 e. The van der Waals surface area contributed by atoms with E-state index in [1.54, 1.807) is 0 Å². The lowest BCUT2D eigenvalue weighted by Gasteiger charge is -2.44. The molecule has 0 saturated carbocycles. The van der Waals surface area contributed by atoms with Crippen LogP contribution in [0.3, 0.4) is 0 Å². The summed E-state index contributed by atoms with van der Waals surface area (Å²) in [5, 5.41) is 24.3. The van der Waals surface area contributed by atoms with Crippen molar-refractivity contribution in [3.63, 3.8) is 0 Å². The molecule has 84 heavy (non-hydrogen) atoms. The molecule has 0 radical (unpaired) electrons. The minimum absolute atomic E-state index is 0.0271. The molecule has 3 aromatic carbocycles. The zero-order valence-corrected chi connectivity index (χ0v) is 54.2. The Labute approximate surface area is 502 Å². The van der Waals surface area contributed by atoms with Crippen LogP contribution in [0.1, 0.15) is 231 Å². The average Bonchev–Trinajstić information content (AvgIpc) is 1.28. The van der Waals surface area contributed by atoms with Crippen LogP contribution in [0.25, 0.3) is 0 Å². The molecule has 1 unspecified atom stereocenters. The van der Waals surface area contributed by atoms with Gasteiger partial charge in [0.2, 0.25) is 0 Å². The Kier molecular flexibility index (Phi) is 15.3. The van der Waals surface area contributed by atoms with Gasteiger partial charge in [-0.1, -0.05) is 212 Å². The molecular weight excluding hydrogens is 1030 g/mol. The van der Waals surface area contributed by atoms with E-state index in [0.29, 0.717) is 36.6 Å². The van der Waals surface area contributed by atoms with Gasteiger partial charge < -0.3 is 0 Å². The third kappa shape index (κ3) is 11.4. The number of Topliss-reactive ketones (excluding diaryl/α,β-unsaturated/α-hetero) is 3. The smallest absolute Gasteiger partial charge is 0.160 e. The second-order valence-corrected chi connectivity index (χ2v) is 32.5. The molecule has 3 heterocycles. The molecule has 0 spiro atoms. The van der Waals surface area contributed by atoms with Gasteiger partial charge in [-0.05, 0) is 108 Å². The number of allylic oxidation sites excluding steroid dienone is 6. The Morgan fingerprint density at radius 2 is 0.583 bits per heavy atom. The van der Waals surface area contributed by atoms with Crippen LogP contribution in [0.5, 0.6) is 0 Å². The molecule has 6 aliphatic carbocycles. The van der Waals surface area contributed by atoms with Crippen LogP contribution in [-0.4, -0.2) is 47.9 Å². The van der Waals surface area contributed by atoms with Crippen LogP contribution >= 0.6 is 0 Å². The summed E-state index contributed by atoms with van der Waals surface area (Å²) >= 11 is 0. The number of aromatic nitrogens is 6. The van der Waals surface area contributed by atoms with E-state index in [1.807, 2.05) is 18.2 Å². The average molecular weight is 1130 g/mol. The first-order valence-corrected chi connectivity index (χ1v) is 31.2. The number of benzene rings is 3. The zero-order chi connectivity index (χ0) is 61.0. The number of aromatic amines is 3. The van der Waals surface area contributed by atoms with Crippen LogP contribution in [0.15, 0.2) is 124 Å². The van der Waals surface area contributed by atoms with Gasteiger partial charge in [0.1, 0.15) is 0 Å². The van der Waals surface area contributed by atoms with E-state index in [4.69, 9.17) is 15.3 Å². The molecule has 12 rings (SSSR count). The van der Waals surface area contributed by atoms with E-state index in [2.05, 4.69) is 213 Å². The maximum atomic E-state index is 13.5. The van der Waals surface area contributed by atoms with Crippen molar-refractivity contribution >= 4 is 17.3 Å². The Morgan fingerprint density at radius 3 is 0.798 bits per heavy atom. The van der Waals surface area contributed by atoms with Crippen molar-refractivity contribution in [2.24, 2.45) is 32.5 Å². The van der Waals surface area contributed by atoms with Gasteiger partial charge in [0.05, 0.1) is 17.1 Å². The quantitative estimate of drug-likeness (QED) is 0.152. The summed E-state index contributed by atoms with van der Waals surface area (Å²) in [7, 11) is 0. The minimum Gasteiger partial charge on any atom is -0.294 e. The molecule has 9 heteroatoms. The van der Waals surface area contributed by atoms with Crippen LogP contribution in [0.2, 0.25) is 0 Å². The Balaban J connectivity index is 0.000000140. The summed E-state index contributed by atoms with van der Waals surface area (Å²) in [6, 6.07) is 31.6. The minimum atomic E-state index is -0.439. The monoisotopic (exact) mass is 1130 g/mol. The number of hydrogen-bond acceptors (Lipinski definition) is 6. The van der Waals surface area contributed by atoms with Gasteiger partial charge in [-0.15, -0.1) is 0 Å². The number of ketones is 3. The third-order valence-corrected chi connectivity index (χ3v) is 19.0. The van der Waals surface area contributed by atoms with E-state index in [0.717, 1.165) is 91.6 Å². The Morgan fingerprint density at radius 1 is 0.357 bits per heavy atom. The molecule has 9 nitrogen and oxygen atoms in total. The summed E-state index contributed by atoms with van der Waals surface area (Å²) in [6.07, 6.45) is 9.92. The zero-order valence-electron chi connectivity index (χ0n) is 54.2. The maximum Gasteiger partial charge on any atom is 0.160 e. The van der Waals surface area contributed by atoms with Crippen molar-refractivity contribution < 1.29 is 14.4 Å². The first-order chi connectivity index (χ1) is 39.0. The van der Waals surface area contributed by atoms with Crippen molar-refractivity contribution in [2.75, 3.05) is 0 Å². The number of rotatable bonds is 6. The first kappa shape index (κ1) is 60.6. The highest BCUT2D eigenvalue weighted by atomic mass is 16.1. The maximum absolute atomic E-state index is 13.5. The van der Waals surface area contributed by atoms with Gasteiger partial charge in [-0.2, -0.15) is 15.3 Å². The molecule has 3 aromatic heterocycles. The van der Waals surface area contributed by atoms with E-state index < -0.39 is 16.2 Å². The molecule has 0 bridgehead atoms. The Bertz CT molecular complexity index is 3250. The van der Waals surface area contributed by atoms with Crippen molar-refractivity contribution in [1.29, 1.82) is 0 Å².